The summed E-state index contributed by atoms with van der Waals surface area (Å²) in [5.41, 5.74) is 0. The van der Waals surface area contributed by atoms with Crippen LogP contribution in [-0.2, 0) is 4.08 Å². The first-order valence-electron chi connectivity index (χ1n) is 3.22. The van der Waals surface area contributed by atoms with Crippen LogP contribution < -0.4 is 0 Å². The van der Waals surface area contributed by atoms with Crippen molar-refractivity contribution >= 4 is 24.4 Å². The Balaban J connectivity index is 2.93. The fourth-order valence-electron chi connectivity index (χ4n) is 0.630. The number of thioether (sulfide) groups is 1. The molecule has 0 bridgehead atoms. The summed E-state index contributed by atoms with van der Waals surface area (Å²) in [6.45, 7) is 1.98. The minimum Gasteiger partial charge on any atom is -0.239 e. The summed E-state index contributed by atoms with van der Waals surface area (Å²) in [6, 6.07) is 1.80. The highest BCUT2D eigenvalue weighted by Gasteiger charge is 2.22. The van der Waals surface area contributed by atoms with Crippen molar-refractivity contribution in [3.8, 4) is 0 Å². The van der Waals surface area contributed by atoms with Crippen LogP contribution in [0.5, 0.6) is 0 Å². The summed E-state index contributed by atoms with van der Waals surface area (Å²) in [5, 5.41) is 0. The number of aromatic nitrogens is 2. The normalized spacial score (nSPS) is 15.9. The molecule has 1 unspecified atom stereocenters. The Morgan fingerprint density at radius 1 is 1.45 bits per heavy atom. The van der Waals surface area contributed by atoms with Gasteiger partial charge in [0.1, 0.15) is 4.08 Å². The lowest BCUT2D eigenvalue weighted by Gasteiger charge is -2.17. The van der Waals surface area contributed by atoms with Gasteiger partial charge >= 0.3 is 0 Å². The molecule has 0 spiro atoms. The number of hydrogen-bond acceptors (Lipinski definition) is 4. The maximum atomic E-state index is 4.41. The molecule has 0 fully saturated rings. The van der Waals surface area contributed by atoms with Crippen LogP contribution in [0.4, 0.5) is 0 Å². The molecule has 0 saturated heterocycles. The summed E-state index contributed by atoms with van der Waals surface area (Å²) in [6.07, 6.45) is 5.45. The second-order valence-corrected chi connectivity index (χ2v) is 4.68. The van der Waals surface area contributed by atoms with Crippen molar-refractivity contribution in [1.82, 2.24) is 9.97 Å². The Morgan fingerprint density at radius 3 is 2.45 bits per heavy atom. The number of thiol groups is 1. The van der Waals surface area contributed by atoms with Crippen molar-refractivity contribution in [1.29, 1.82) is 0 Å². The Hall–Kier alpha value is -0.220. The van der Waals surface area contributed by atoms with Crippen LogP contribution in [0.1, 0.15) is 12.7 Å². The van der Waals surface area contributed by atoms with E-state index in [4.69, 9.17) is 0 Å². The van der Waals surface area contributed by atoms with Crippen molar-refractivity contribution in [2.24, 2.45) is 0 Å². The zero-order valence-corrected chi connectivity index (χ0v) is 8.19. The number of hydrogen-bond donors (Lipinski definition) is 1. The molecule has 0 radical (unpaired) electrons. The minimum absolute atomic E-state index is 0.277. The molecular formula is C7H10N2S2. The van der Waals surface area contributed by atoms with E-state index in [0.29, 0.717) is 0 Å². The Morgan fingerprint density at radius 2 is 2.00 bits per heavy atom. The molecule has 0 amide bonds. The monoisotopic (exact) mass is 186 g/mol. The third-order valence-electron chi connectivity index (χ3n) is 1.38. The molecule has 0 saturated carbocycles. The first-order valence-corrected chi connectivity index (χ1v) is 4.89. The average molecular weight is 186 g/mol. The predicted octanol–water partition coefficient (Wildman–Crippen LogP) is 1.94. The smallest absolute Gasteiger partial charge is 0.153 e. The van der Waals surface area contributed by atoms with Crippen LogP contribution in [-0.4, -0.2) is 16.2 Å². The molecule has 1 rings (SSSR count). The van der Waals surface area contributed by atoms with Gasteiger partial charge in [0, 0.05) is 12.4 Å². The molecule has 2 nitrogen and oxygen atoms in total. The summed E-state index contributed by atoms with van der Waals surface area (Å²) in [4.78, 5) is 8.23. The second kappa shape index (κ2) is 3.45. The SMILES string of the molecule is CSC(C)(S)c1ncccn1. The summed E-state index contributed by atoms with van der Waals surface area (Å²) in [7, 11) is 0. The summed E-state index contributed by atoms with van der Waals surface area (Å²) >= 11 is 6.03. The fraction of sp³-hybridized carbons (Fsp3) is 0.429. The topological polar surface area (TPSA) is 25.8 Å². The van der Waals surface area contributed by atoms with Gasteiger partial charge < -0.3 is 0 Å². The molecule has 0 aromatic carbocycles. The van der Waals surface area contributed by atoms with Crippen LogP contribution in [0.2, 0.25) is 0 Å². The molecule has 0 aliphatic carbocycles. The van der Waals surface area contributed by atoms with Gasteiger partial charge in [0.2, 0.25) is 0 Å². The predicted molar refractivity (Wildman–Crippen MR) is 51.9 cm³/mol. The van der Waals surface area contributed by atoms with E-state index < -0.39 is 0 Å². The highest BCUT2D eigenvalue weighted by atomic mass is 32.2. The van der Waals surface area contributed by atoms with Crippen LogP contribution in [0.25, 0.3) is 0 Å². The molecule has 11 heavy (non-hydrogen) atoms. The van der Waals surface area contributed by atoms with Gasteiger partial charge in [-0.05, 0) is 19.2 Å². The number of rotatable bonds is 2. The van der Waals surface area contributed by atoms with Gasteiger partial charge in [0.05, 0.1) is 0 Å². The van der Waals surface area contributed by atoms with Crippen molar-refractivity contribution in [3.63, 3.8) is 0 Å². The van der Waals surface area contributed by atoms with Crippen LogP contribution in [0.3, 0.4) is 0 Å². The van der Waals surface area contributed by atoms with Crippen LogP contribution >= 0.6 is 24.4 Å². The van der Waals surface area contributed by atoms with E-state index in [-0.39, 0.29) is 4.08 Å². The maximum Gasteiger partial charge on any atom is 0.153 e. The quantitative estimate of drug-likeness (QED) is 0.564. The molecule has 1 aromatic rings. The van der Waals surface area contributed by atoms with E-state index in [1.54, 1.807) is 30.2 Å². The molecule has 0 N–H and O–H groups in total. The summed E-state index contributed by atoms with van der Waals surface area (Å²) in [5.74, 6) is 0.760. The van der Waals surface area contributed by atoms with E-state index in [9.17, 15) is 0 Å². The van der Waals surface area contributed by atoms with Crippen molar-refractivity contribution in [3.05, 3.63) is 24.3 Å². The van der Waals surface area contributed by atoms with Gasteiger partial charge in [-0.15, -0.1) is 11.8 Å². The molecule has 1 heterocycles. The van der Waals surface area contributed by atoms with E-state index in [1.165, 1.54) is 0 Å². The third kappa shape index (κ3) is 2.10. The summed E-state index contributed by atoms with van der Waals surface area (Å²) < 4.78 is -0.277. The zero-order valence-electron chi connectivity index (χ0n) is 6.48. The van der Waals surface area contributed by atoms with Crippen molar-refractivity contribution in [2.45, 2.75) is 11.0 Å². The van der Waals surface area contributed by atoms with E-state index in [2.05, 4.69) is 22.6 Å². The van der Waals surface area contributed by atoms with Gasteiger partial charge in [0.15, 0.2) is 5.82 Å². The lowest BCUT2D eigenvalue weighted by molar-refractivity contribution is 0.874. The lowest BCUT2D eigenvalue weighted by Crippen LogP contribution is -2.12. The van der Waals surface area contributed by atoms with Crippen molar-refractivity contribution in [2.75, 3.05) is 6.26 Å². The molecule has 0 aliphatic rings. The molecular weight excluding hydrogens is 176 g/mol. The van der Waals surface area contributed by atoms with Gasteiger partial charge in [-0.1, -0.05) is 0 Å². The molecule has 0 aliphatic heterocycles. The van der Waals surface area contributed by atoms with Gasteiger partial charge in [-0.3, -0.25) is 0 Å². The highest BCUT2D eigenvalue weighted by molar-refractivity contribution is 8.10. The van der Waals surface area contributed by atoms with Crippen molar-refractivity contribution < 1.29 is 0 Å². The molecule has 4 heteroatoms. The van der Waals surface area contributed by atoms with E-state index >= 15 is 0 Å². The van der Waals surface area contributed by atoms with Crippen LogP contribution in [0, 0.1) is 0 Å². The highest BCUT2D eigenvalue weighted by Crippen LogP contribution is 2.34. The van der Waals surface area contributed by atoms with E-state index in [1.807, 2.05) is 13.2 Å². The third-order valence-corrected chi connectivity index (χ3v) is 3.10. The largest absolute Gasteiger partial charge is 0.239 e. The second-order valence-electron chi connectivity index (χ2n) is 2.26. The maximum absolute atomic E-state index is 4.41. The Bertz CT molecular complexity index is 223. The first kappa shape index (κ1) is 8.87. The zero-order chi connectivity index (χ0) is 8.32. The van der Waals surface area contributed by atoms with E-state index in [0.717, 1.165) is 5.82 Å². The van der Waals surface area contributed by atoms with Gasteiger partial charge in [-0.25, -0.2) is 9.97 Å². The standard InChI is InChI=1S/C7H10N2S2/c1-7(10,11-2)6-8-4-3-5-9-6/h3-5,10H,1-2H3. The van der Waals surface area contributed by atoms with Crippen LogP contribution in [0.15, 0.2) is 18.5 Å². The Kier molecular flexibility index (Phi) is 2.78. The molecule has 60 valence electrons. The number of nitrogens with zero attached hydrogens (tertiary/aromatic N) is 2. The van der Waals surface area contributed by atoms with Gasteiger partial charge in [-0.2, -0.15) is 12.6 Å². The lowest BCUT2D eigenvalue weighted by atomic mass is 10.4. The van der Waals surface area contributed by atoms with Gasteiger partial charge in [0.25, 0.3) is 0 Å². The fourth-order valence-corrected chi connectivity index (χ4v) is 1.03. The molecule has 1 atom stereocenters. The Labute approximate surface area is 76.2 Å². The first-order chi connectivity index (χ1) is 5.17. The average Bonchev–Trinajstić information content (AvgIpc) is 2.06. The minimum atomic E-state index is -0.277. The molecule has 1 aromatic heterocycles.